The number of alkyl halides is 3. The molecule has 0 bridgehead atoms. The zero-order valence-electron chi connectivity index (χ0n) is 23.0. The molecule has 0 aliphatic carbocycles. The fourth-order valence-corrected chi connectivity index (χ4v) is 4.59. The SMILES string of the molecule is CC(C)(C)OC(=O)N1CCC(c2ccc(Nc3ncc(C(F)(F)F)c(CCc4cc(C(=O)O)ccn4)n3)cc2)CC1. The van der Waals surface area contributed by atoms with E-state index >= 15 is 0 Å². The Balaban J connectivity index is 1.41. The third-order valence-corrected chi connectivity index (χ3v) is 6.64. The summed E-state index contributed by atoms with van der Waals surface area (Å²) >= 11 is 0. The summed E-state index contributed by atoms with van der Waals surface area (Å²) < 4.78 is 46.4. The van der Waals surface area contributed by atoms with E-state index < -0.39 is 23.3 Å². The minimum atomic E-state index is -4.65. The van der Waals surface area contributed by atoms with E-state index in [-0.39, 0.29) is 42.1 Å². The van der Waals surface area contributed by atoms with Crippen molar-refractivity contribution in [2.45, 2.75) is 64.1 Å². The summed E-state index contributed by atoms with van der Waals surface area (Å²) in [7, 11) is 0. The van der Waals surface area contributed by atoms with Gasteiger partial charge in [0.25, 0.3) is 0 Å². The highest BCUT2D eigenvalue weighted by Gasteiger charge is 2.35. The lowest BCUT2D eigenvalue weighted by Gasteiger charge is -2.33. The number of anilines is 2. The predicted molar refractivity (Wildman–Crippen MR) is 145 cm³/mol. The van der Waals surface area contributed by atoms with Gasteiger partial charge in [-0.25, -0.2) is 19.6 Å². The van der Waals surface area contributed by atoms with Gasteiger partial charge >= 0.3 is 18.2 Å². The first-order chi connectivity index (χ1) is 19.3. The number of carboxylic acid groups (broad SMARTS) is 1. The summed E-state index contributed by atoms with van der Waals surface area (Å²) in [6, 6.07) is 10.2. The van der Waals surface area contributed by atoms with Crippen molar-refractivity contribution in [2.24, 2.45) is 0 Å². The average molecular weight is 572 g/mol. The number of aromatic nitrogens is 3. The van der Waals surface area contributed by atoms with Gasteiger partial charge in [0, 0.05) is 36.9 Å². The highest BCUT2D eigenvalue weighted by molar-refractivity contribution is 5.87. The summed E-state index contributed by atoms with van der Waals surface area (Å²) in [6.45, 7) is 6.70. The number of nitrogens with zero attached hydrogens (tertiary/aromatic N) is 4. The maximum atomic E-state index is 13.6. The molecule has 1 fully saturated rings. The van der Waals surface area contributed by atoms with Crippen LogP contribution in [0.25, 0.3) is 0 Å². The van der Waals surface area contributed by atoms with E-state index in [2.05, 4.69) is 20.3 Å². The van der Waals surface area contributed by atoms with E-state index in [0.29, 0.717) is 24.5 Å². The molecule has 0 saturated carbocycles. The van der Waals surface area contributed by atoms with Crippen LogP contribution >= 0.6 is 0 Å². The van der Waals surface area contributed by atoms with Crippen LogP contribution in [0.4, 0.5) is 29.6 Å². The van der Waals surface area contributed by atoms with Crippen LogP contribution in [-0.4, -0.2) is 55.7 Å². The predicted octanol–water partition coefficient (Wildman–Crippen LogP) is 6.23. The van der Waals surface area contributed by atoms with Crippen LogP contribution in [0.2, 0.25) is 0 Å². The van der Waals surface area contributed by atoms with E-state index in [1.165, 1.54) is 18.3 Å². The largest absolute Gasteiger partial charge is 0.478 e. The Morgan fingerprint density at radius 1 is 1.05 bits per heavy atom. The number of carboxylic acids is 1. The Hall–Kier alpha value is -4.22. The Labute approximate surface area is 235 Å². The number of ether oxygens (including phenoxy) is 1. The molecule has 4 rings (SSSR count). The summed E-state index contributed by atoms with van der Waals surface area (Å²) in [5.74, 6) is -0.862. The molecule has 218 valence electrons. The first kappa shape index (κ1) is 29.8. The van der Waals surface area contributed by atoms with Crippen molar-refractivity contribution in [3.63, 3.8) is 0 Å². The Kier molecular flexibility index (Phi) is 8.79. The van der Waals surface area contributed by atoms with Gasteiger partial charge in [0.1, 0.15) is 5.60 Å². The van der Waals surface area contributed by atoms with Crippen LogP contribution in [0.1, 0.15) is 72.4 Å². The second-order valence-electron chi connectivity index (χ2n) is 10.9. The first-order valence-electron chi connectivity index (χ1n) is 13.2. The molecule has 12 heteroatoms. The Bertz CT molecular complexity index is 1380. The lowest BCUT2D eigenvalue weighted by molar-refractivity contribution is -0.138. The topological polar surface area (TPSA) is 118 Å². The number of amides is 1. The van der Waals surface area contributed by atoms with Crippen LogP contribution in [0.5, 0.6) is 0 Å². The van der Waals surface area contributed by atoms with E-state index in [1.54, 1.807) is 4.90 Å². The van der Waals surface area contributed by atoms with Gasteiger partial charge in [0.05, 0.1) is 16.8 Å². The molecule has 1 saturated heterocycles. The Morgan fingerprint density at radius 2 is 1.73 bits per heavy atom. The summed E-state index contributed by atoms with van der Waals surface area (Å²) in [6.07, 6.45) is -1.35. The number of likely N-dealkylation sites (tertiary alicyclic amines) is 1. The molecule has 1 aliphatic heterocycles. The molecule has 2 aromatic heterocycles. The van der Waals surface area contributed by atoms with E-state index in [9.17, 15) is 22.8 Å². The van der Waals surface area contributed by atoms with Crippen molar-refractivity contribution in [2.75, 3.05) is 18.4 Å². The number of nitrogens with one attached hydrogen (secondary N) is 1. The molecule has 0 radical (unpaired) electrons. The van der Waals surface area contributed by atoms with Gasteiger partial charge in [-0.1, -0.05) is 12.1 Å². The minimum Gasteiger partial charge on any atom is -0.478 e. The van der Waals surface area contributed by atoms with Crippen molar-refractivity contribution >= 4 is 23.7 Å². The molecule has 0 atom stereocenters. The normalized spacial score (nSPS) is 14.5. The minimum absolute atomic E-state index is 0.00753. The third kappa shape index (κ3) is 8.15. The number of carbonyl (C=O) groups excluding carboxylic acids is 1. The number of carbonyl (C=O) groups is 2. The molecule has 3 heterocycles. The number of halogens is 3. The van der Waals surface area contributed by atoms with Gasteiger partial charge in [-0.3, -0.25) is 4.98 Å². The zero-order chi connectivity index (χ0) is 29.8. The summed E-state index contributed by atoms with van der Waals surface area (Å²) in [4.78, 5) is 37.3. The quantitative estimate of drug-likeness (QED) is 0.343. The first-order valence-corrected chi connectivity index (χ1v) is 13.2. The number of aromatic carboxylic acids is 1. The second-order valence-corrected chi connectivity index (χ2v) is 10.9. The number of aryl methyl sites for hydroxylation is 2. The molecule has 1 aliphatic rings. The average Bonchev–Trinajstić information content (AvgIpc) is 2.91. The van der Waals surface area contributed by atoms with Gasteiger partial charge < -0.3 is 20.1 Å². The number of hydrogen-bond acceptors (Lipinski definition) is 7. The number of benzene rings is 1. The maximum absolute atomic E-state index is 13.6. The van der Waals surface area contributed by atoms with Crippen molar-refractivity contribution in [1.29, 1.82) is 0 Å². The van der Waals surface area contributed by atoms with Crippen molar-refractivity contribution in [3.05, 3.63) is 76.9 Å². The molecule has 3 aromatic rings. The number of hydrogen-bond donors (Lipinski definition) is 2. The zero-order valence-corrected chi connectivity index (χ0v) is 23.0. The summed E-state index contributed by atoms with van der Waals surface area (Å²) in [5.41, 5.74) is 0.355. The van der Waals surface area contributed by atoms with Gasteiger partial charge in [-0.05, 0) is 82.2 Å². The van der Waals surface area contributed by atoms with Crippen LogP contribution in [0.15, 0.2) is 48.8 Å². The van der Waals surface area contributed by atoms with E-state index in [1.807, 2.05) is 45.0 Å². The summed E-state index contributed by atoms with van der Waals surface area (Å²) in [5, 5.41) is 12.1. The number of piperidine rings is 1. The maximum Gasteiger partial charge on any atom is 0.419 e. The van der Waals surface area contributed by atoms with Crippen LogP contribution in [0.3, 0.4) is 0 Å². The molecule has 0 spiro atoms. The monoisotopic (exact) mass is 571 g/mol. The standard InChI is InChI=1S/C29H32F3N5O4/c1-28(2,3)41-27(40)37-14-11-19(12-15-37)18-4-6-21(7-5-18)35-26-34-17-23(29(30,31)32)24(36-26)9-8-22-16-20(25(38)39)10-13-33-22/h4-7,10,13,16-17,19H,8-9,11-12,14-15H2,1-3H3,(H,38,39)(H,34,35,36). The fraction of sp³-hybridized carbons (Fsp3) is 0.414. The van der Waals surface area contributed by atoms with Crippen molar-refractivity contribution in [1.82, 2.24) is 19.9 Å². The lowest BCUT2D eigenvalue weighted by Crippen LogP contribution is -2.41. The molecular formula is C29H32F3N5O4. The smallest absolute Gasteiger partial charge is 0.419 e. The van der Waals surface area contributed by atoms with Crippen molar-refractivity contribution in [3.8, 4) is 0 Å². The van der Waals surface area contributed by atoms with Gasteiger partial charge in [0.15, 0.2) is 0 Å². The van der Waals surface area contributed by atoms with Gasteiger partial charge in [0.2, 0.25) is 5.95 Å². The molecular weight excluding hydrogens is 539 g/mol. The van der Waals surface area contributed by atoms with Crippen LogP contribution in [0, 0.1) is 0 Å². The number of pyridine rings is 1. The highest BCUT2D eigenvalue weighted by atomic mass is 19.4. The molecule has 1 aromatic carbocycles. The lowest BCUT2D eigenvalue weighted by atomic mass is 9.89. The van der Waals surface area contributed by atoms with Crippen LogP contribution in [-0.2, 0) is 23.8 Å². The van der Waals surface area contributed by atoms with E-state index in [4.69, 9.17) is 9.84 Å². The van der Waals surface area contributed by atoms with Crippen LogP contribution < -0.4 is 5.32 Å². The molecule has 0 unspecified atom stereocenters. The Morgan fingerprint density at radius 3 is 2.34 bits per heavy atom. The van der Waals surface area contributed by atoms with E-state index in [0.717, 1.165) is 24.6 Å². The number of rotatable bonds is 7. The third-order valence-electron chi connectivity index (χ3n) is 6.64. The van der Waals surface area contributed by atoms with Crippen molar-refractivity contribution < 1.29 is 32.6 Å². The molecule has 2 N–H and O–H groups in total. The molecule has 1 amide bonds. The molecule has 41 heavy (non-hydrogen) atoms. The van der Waals surface area contributed by atoms with Gasteiger partial charge in [-0.2, -0.15) is 13.2 Å². The molecule has 9 nitrogen and oxygen atoms in total. The van der Waals surface area contributed by atoms with Gasteiger partial charge in [-0.15, -0.1) is 0 Å². The highest BCUT2D eigenvalue weighted by Crippen LogP contribution is 2.33. The fourth-order valence-electron chi connectivity index (χ4n) is 4.59. The second kappa shape index (κ2) is 12.1.